The van der Waals surface area contributed by atoms with Crippen molar-refractivity contribution < 1.29 is 9.90 Å². The van der Waals surface area contributed by atoms with Gasteiger partial charge in [-0.2, -0.15) is 0 Å². The number of nitrogens with zero attached hydrogens (tertiary/aromatic N) is 1. The molecule has 1 amide bonds. The quantitative estimate of drug-likeness (QED) is 0.910. The zero-order chi connectivity index (χ0) is 16.6. The molecule has 2 atom stereocenters. The molecular formula is C19H26ClNO2. The molecule has 126 valence electrons. The largest absolute Gasteiger partial charge is 0.396 e. The summed E-state index contributed by atoms with van der Waals surface area (Å²) in [6, 6.07) is 6.20. The van der Waals surface area contributed by atoms with Crippen LogP contribution in [0.1, 0.15) is 49.7 Å². The van der Waals surface area contributed by atoms with E-state index in [1.165, 1.54) is 24.0 Å². The second-order valence-electron chi connectivity index (χ2n) is 7.42. The van der Waals surface area contributed by atoms with Gasteiger partial charge in [0.15, 0.2) is 0 Å². The summed E-state index contributed by atoms with van der Waals surface area (Å²) in [6.45, 7) is 5.79. The molecule has 1 aromatic carbocycles. The lowest BCUT2D eigenvalue weighted by atomic mass is 9.76. The molecule has 1 aliphatic carbocycles. The van der Waals surface area contributed by atoms with Gasteiger partial charge in [0.2, 0.25) is 5.91 Å². The summed E-state index contributed by atoms with van der Waals surface area (Å²) in [6.07, 6.45) is 4.27. The van der Waals surface area contributed by atoms with Crippen molar-refractivity contribution >= 4 is 17.5 Å². The van der Waals surface area contributed by atoms with Crippen LogP contribution < -0.4 is 0 Å². The van der Waals surface area contributed by atoms with E-state index in [1.54, 1.807) is 0 Å². The number of carbonyl (C=O) groups is 1. The Bertz CT molecular complexity index is 591. The minimum Gasteiger partial charge on any atom is -0.396 e. The van der Waals surface area contributed by atoms with Crippen molar-refractivity contribution in [3.05, 3.63) is 34.3 Å². The van der Waals surface area contributed by atoms with Crippen LogP contribution in [0.25, 0.3) is 0 Å². The van der Waals surface area contributed by atoms with Crippen molar-refractivity contribution in [1.82, 2.24) is 4.90 Å². The van der Waals surface area contributed by atoms with E-state index in [-0.39, 0.29) is 18.4 Å². The first-order chi connectivity index (χ1) is 11.0. The van der Waals surface area contributed by atoms with Gasteiger partial charge in [0.1, 0.15) is 0 Å². The lowest BCUT2D eigenvalue weighted by Crippen LogP contribution is -2.58. The molecule has 1 aliphatic heterocycles. The average molecular weight is 336 g/mol. The van der Waals surface area contributed by atoms with Gasteiger partial charge in [-0.25, -0.2) is 0 Å². The maximum absolute atomic E-state index is 12.3. The summed E-state index contributed by atoms with van der Waals surface area (Å²) in [7, 11) is 0. The van der Waals surface area contributed by atoms with Gasteiger partial charge in [0.25, 0.3) is 0 Å². The lowest BCUT2D eigenvalue weighted by Gasteiger charge is -2.49. The van der Waals surface area contributed by atoms with Crippen LogP contribution in [-0.2, 0) is 4.79 Å². The Morgan fingerprint density at radius 1 is 1.48 bits per heavy atom. The third kappa shape index (κ3) is 3.14. The number of hydrogen-bond donors (Lipinski definition) is 1. The maximum atomic E-state index is 12.3. The first-order valence-electron chi connectivity index (χ1n) is 8.64. The van der Waals surface area contributed by atoms with Gasteiger partial charge >= 0.3 is 0 Å². The molecule has 3 nitrogen and oxygen atoms in total. The highest BCUT2D eigenvalue weighted by Gasteiger charge is 2.50. The van der Waals surface area contributed by atoms with Crippen LogP contribution in [0.2, 0.25) is 5.02 Å². The molecule has 1 unspecified atom stereocenters. The summed E-state index contributed by atoms with van der Waals surface area (Å²) >= 11 is 6.06. The third-order valence-corrected chi connectivity index (χ3v) is 6.04. The van der Waals surface area contributed by atoms with Crippen LogP contribution in [0, 0.1) is 18.3 Å². The van der Waals surface area contributed by atoms with E-state index in [9.17, 15) is 9.90 Å². The lowest BCUT2D eigenvalue weighted by molar-refractivity contribution is -0.149. The van der Waals surface area contributed by atoms with Crippen LogP contribution in [0.15, 0.2) is 18.2 Å². The molecule has 23 heavy (non-hydrogen) atoms. The number of hydrogen-bond acceptors (Lipinski definition) is 2. The van der Waals surface area contributed by atoms with Crippen LogP contribution in [0.3, 0.4) is 0 Å². The van der Waals surface area contributed by atoms with Crippen LogP contribution in [0.4, 0.5) is 0 Å². The molecule has 0 radical (unpaired) electrons. The Hall–Kier alpha value is -1.06. The SMILES string of the molecule is CC[C@H](CO)C(=O)N1CC2(CCC(c3ccc(Cl)cc3C)C2)C1. The van der Waals surface area contributed by atoms with Crippen LogP contribution in [0.5, 0.6) is 0 Å². The fourth-order valence-electron chi connectivity index (χ4n) is 4.42. The van der Waals surface area contributed by atoms with Gasteiger partial charge in [0, 0.05) is 23.5 Å². The Morgan fingerprint density at radius 3 is 2.83 bits per heavy atom. The van der Waals surface area contributed by atoms with E-state index in [0.29, 0.717) is 17.8 Å². The van der Waals surface area contributed by atoms with Crippen molar-refractivity contribution in [3.8, 4) is 0 Å². The van der Waals surface area contributed by atoms with E-state index in [4.69, 9.17) is 11.6 Å². The molecule has 2 fully saturated rings. The normalized spacial score (nSPS) is 23.8. The standard InChI is InChI=1S/C19H26ClNO2/c1-3-14(10-22)18(23)21-11-19(12-21)7-6-15(9-19)17-5-4-16(20)8-13(17)2/h4-5,8,14-15,22H,3,6-7,9-12H2,1-2H3/t14-,15?/m1/s1. The maximum Gasteiger partial charge on any atom is 0.228 e. The van der Waals surface area contributed by atoms with Crippen molar-refractivity contribution in [2.24, 2.45) is 11.3 Å². The van der Waals surface area contributed by atoms with Crippen molar-refractivity contribution in [1.29, 1.82) is 0 Å². The molecule has 1 aromatic rings. The molecule has 2 aliphatic rings. The van der Waals surface area contributed by atoms with E-state index in [2.05, 4.69) is 13.0 Å². The molecule has 1 heterocycles. The fraction of sp³-hybridized carbons (Fsp3) is 0.632. The number of benzene rings is 1. The molecule has 4 heteroatoms. The van der Waals surface area contributed by atoms with Crippen molar-refractivity contribution in [2.45, 2.75) is 45.4 Å². The number of rotatable bonds is 4. The summed E-state index contributed by atoms with van der Waals surface area (Å²) in [5, 5.41) is 10.1. The summed E-state index contributed by atoms with van der Waals surface area (Å²) in [5.74, 6) is 0.499. The Morgan fingerprint density at radius 2 is 2.22 bits per heavy atom. The van der Waals surface area contributed by atoms with Gasteiger partial charge < -0.3 is 10.0 Å². The molecule has 0 aromatic heterocycles. The smallest absolute Gasteiger partial charge is 0.228 e. The molecule has 1 saturated heterocycles. The predicted octanol–water partition coefficient (Wildman–Crippen LogP) is 3.76. The number of likely N-dealkylation sites (tertiary alicyclic amines) is 1. The first-order valence-corrected chi connectivity index (χ1v) is 9.01. The fourth-order valence-corrected chi connectivity index (χ4v) is 4.64. The van der Waals surface area contributed by atoms with E-state index in [0.717, 1.165) is 24.5 Å². The Balaban J connectivity index is 1.62. The average Bonchev–Trinajstić information content (AvgIpc) is 2.92. The number of aliphatic hydroxyl groups excluding tert-OH is 1. The van der Waals surface area contributed by atoms with Crippen LogP contribution in [-0.4, -0.2) is 35.6 Å². The third-order valence-electron chi connectivity index (χ3n) is 5.80. The van der Waals surface area contributed by atoms with Crippen molar-refractivity contribution in [2.75, 3.05) is 19.7 Å². The van der Waals surface area contributed by atoms with E-state index in [1.807, 2.05) is 24.0 Å². The Kier molecular flexibility index (Phi) is 4.70. The Labute approximate surface area is 143 Å². The number of carbonyl (C=O) groups excluding carboxylic acids is 1. The van der Waals surface area contributed by atoms with E-state index < -0.39 is 0 Å². The predicted molar refractivity (Wildman–Crippen MR) is 92.7 cm³/mol. The highest BCUT2D eigenvalue weighted by atomic mass is 35.5. The van der Waals surface area contributed by atoms with Gasteiger partial charge in [-0.3, -0.25) is 4.79 Å². The van der Waals surface area contributed by atoms with Crippen molar-refractivity contribution in [3.63, 3.8) is 0 Å². The minimum atomic E-state index is -0.219. The summed E-state index contributed by atoms with van der Waals surface area (Å²) in [5.41, 5.74) is 3.00. The molecule has 1 saturated carbocycles. The topological polar surface area (TPSA) is 40.5 Å². The minimum absolute atomic E-state index is 0.0363. The van der Waals surface area contributed by atoms with Gasteiger partial charge in [-0.1, -0.05) is 24.6 Å². The first kappa shape index (κ1) is 16.8. The highest BCUT2D eigenvalue weighted by molar-refractivity contribution is 6.30. The second kappa shape index (κ2) is 6.45. The summed E-state index contributed by atoms with van der Waals surface area (Å²) in [4.78, 5) is 14.3. The zero-order valence-electron chi connectivity index (χ0n) is 14.0. The highest BCUT2D eigenvalue weighted by Crippen LogP contribution is 2.52. The molecule has 1 N–H and O–H groups in total. The molecule has 3 rings (SSSR count). The van der Waals surface area contributed by atoms with Crippen LogP contribution >= 0.6 is 11.6 Å². The second-order valence-corrected chi connectivity index (χ2v) is 7.86. The zero-order valence-corrected chi connectivity index (χ0v) is 14.8. The molecular weight excluding hydrogens is 310 g/mol. The van der Waals surface area contributed by atoms with Gasteiger partial charge in [0.05, 0.1) is 12.5 Å². The molecule has 0 bridgehead atoms. The number of halogens is 1. The summed E-state index contributed by atoms with van der Waals surface area (Å²) < 4.78 is 0. The molecule has 1 spiro atoms. The number of amides is 1. The van der Waals surface area contributed by atoms with Gasteiger partial charge in [-0.05, 0) is 61.8 Å². The van der Waals surface area contributed by atoms with Gasteiger partial charge in [-0.15, -0.1) is 0 Å². The number of aliphatic hydroxyl groups is 1. The monoisotopic (exact) mass is 335 g/mol. The van der Waals surface area contributed by atoms with E-state index >= 15 is 0 Å². The number of aryl methyl sites for hydroxylation is 1.